The molecule has 1 atom stereocenters. The first-order chi connectivity index (χ1) is 42.4. The molecule has 12 aromatic rings. The molecule has 2 heterocycles. The molecular formula is C78H46N8. The van der Waals surface area contributed by atoms with Gasteiger partial charge < -0.3 is 18.9 Å². The number of nitriles is 3. The number of allylic oxidation sites excluding steroid dienone is 11. The van der Waals surface area contributed by atoms with Crippen LogP contribution in [-0.4, -0.2) is 9.13 Å². The summed E-state index contributed by atoms with van der Waals surface area (Å²) in [5.74, 6) is 0.0605. The number of para-hydroxylation sites is 2. The highest BCUT2D eigenvalue weighted by Crippen LogP contribution is 2.47. The van der Waals surface area contributed by atoms with E-state index in [9.17, 15) is 15.8 Å². The lowest BCUT2D eigenvalue weighted by atomic mass is 9.75. The van der Waals surface area contributed by atoms with E-state index in [4.69, 9.17) is 6.57 Å². The second-order valence-corrected chi connectivity index (χ2v) is 22.2. The van der Waals surface area contributed by atoms with E-state index in [1.807, 2.05) is 72.8 Å². The Morgan fingerprint density at radius 1 is 0.453 bits per heavy atom. The minimum Gasteiger partial charge on any atom is -0.310 e. The van der Waals surface area contributed by atoms with Gasteiger partial charge in [-0.1, -0.05) is 103 Å². The topological polar surface area (TPSA) is 92.1 Å². The fraction of sp³-hybridized carbons (Fsp3) is 0.0256. The maximum atomic E-state index is 10.2. The molecule has 0 saturated carbocycles. The van der Waals surface area contributed by atoms with Gasteiger partial charge in [0, 0.05) is 73.0 Å². The second kappa shape index (κ2) is 19.8. The Balaban J connectivity index is 0.813. The zero-order valence-electron chi connectivity index (χ0n) is 46.2. The molecule has 0 radical (unpaired) electrons. The predicted octanol–water partition coefficient (Wildman–Crippen LogP) is 19.2. The zero-order chi connectivity index (χ0) is 57.6. The fourth-order valence-corrected chi connectivity index (χ4v) is 13.5. The van der Waals surface area contributed by atoms with Crippen molar-refractivity contribution in [2.24, 2.45) is 5.92 Å². The predicted molar refractivity (Wildman–Crippen MR) is 348 cm³/mol. The molecule has 16 rings (SSSR count). The Bertz CT molecular complexity index is 5340. The van der Waals surface area contributed by atoms with E-state index in [0.29, 0.717) is 22.4 Å². The van der Waals surface area contributed by atoms with Crippen molar-refractivity contribution < 1.29 is 0 Å². The lowest BCUT2D eigenvalue weighted by Gasteiger charge is -2.35. The van der Waals surface area contributed by atoms with E-state index in [1.54, 1.807) is 0 Å². The van der Waals surface area contributed by atoms with E-state index < -0.39 is 0 Å². The lowest BCUT2D eigenvalue weighted by Crippen LogP contribution is -2.23. The summed E-state index contributed by atoms with van der Waals surface area (Å²) in [4.78, 5) is 8.54. The van der Waals surface area contributed by atoms with Crippen LogP contribution in [0.5, 0.6) is 0 Å². The number of rotatable bonds is 9. The summed E-state index contributed by atoms with van der Waals surface area (Å²) >= 11 is 0. The van der Waals surface area contributed by atoms with E-state index >= 15 is 0 Å². The molecule has 4 aliphatic rings. The Labute approximate surface area is 496 Å². The molecule has 0 bridgehead atoms. The highest BCUT2D eigenvalue weighted by Gasteiger charge is 2.31. The largest absolute Gasteiger partial charge is 0.310 e. The van der Waals surface area contributed by atoms with Gasteiger partial charge in [0.15, 0.2) is 5.70 Å². The summed E-state index contributed by atoms with van der Waals surface area (Å²) in [7, 11) is 0. The summed E-state index contributed by atoms with van der Waals surface area (Å²) in [6.07, 6.45) is 20.1. The number of benzene rings is 10. The monoisotopic (exact) mass is 1090 g/mol. The van der Waals surface area contributed by atoms with Gasteiger partial charge in [-0.25, -0.2) is 4.85 Å². The summed E-state index contributed by atoms with van der Waals surface area (Å²) in [6, 6.07) is 78.9. The summed E-state index contributed by atoms with van der Waals surface area (Å²) in [5.41, 5.74) is 22.4. The smallest absolute Gasteiger partial charge is 0.187 e. The SMILES string of the molecule is [C-]#[N+]C1=CC2=CC=CC3=CC(N(c4ccc(-c5ccc(N(c6cc7c8c(cc(C#N)cc8c6)CC=C7)c6ccc7c(c6)c6ccccc6n7-c6ccc(C#N)cc6)cc5)cc4)c4ccc5c(c4)c4ccccc4n5-c4ccc(C#N)cc4)=CC(=C1)C23. The number of hydrogen-bond donors (Lipinski definition) is 0. The van der Waals surface area contributed by atoms with E-state index in [2.05, 4.69) is 230 Å². The summed E-state index contributed by atoms with van der Waals surface area (Å²) in [5, 5.41) is 36.1. The van der Waals surface area contributed by atoms with Crippen molar-refractivity contribution in [1.82, 2.24) is 9.13 Å². The first-order valence-corrected chi connectivity index (χ1v) is 28.6. The van der Waals surface area contributed by atoms with E-state index in [-0.39, 0.29) is 5.92 Å². The molecule has 0 saturated heterocycles. The van der Waals surface area contributed by atoms with Crippen LogP contribution >= 0.6 is 0 Å². The van der Waals surface area contributed by atoms with Crippen molar-refractivity contribution in [2.45, 2.75) is 6.42 Å². The normalized spacial score (nSPS) is 14.6. The first-order valence-electron chi connectivity index (χ1n) is 28.6. The Morgan fingerprint density at radius 2 is 1.01 bits per heavy atom. The highest BCUT2D eigenvalue weighted by atomic mass is 15.2. The average molecular weight is 1100 g/mol. The molecule has 10 aromatic carbocycles. The summed E-state index contributed by atoms with van der Waals surface area (Å²) < 4.78 is 4.54. The van der Waals surface area contributed by atoms with Crippen LogP contribution in [0.4, 0.5) is 28.4 Å². The quantitative estimate of drug-likeness (QED) is 0.134. The molecule has 8 nitrogen and oxygen atoms in total. The van der Waals surface area contributed by atoms with Gasteiger partial charge in [-0.3, -0.25) is 0 Å². The molecule has 0 aliphatic heterocycles. The Kier molecular flexibility index (Phi) is 11.4. The molecule has 8 heteroatoms. The molecule has 398 valence electrons. The van der Waals surface area contributed by atoms with Crippen LogP contribution in [0.25, 0.3) is 87.8 Å². The van der Waals surface area contributed by atoms with Gasteiger partial charge in [0.05, 0.1) is 63.5 Å². The average Bonchev–Trinajstić information content (AvgIpc) is 1.83. The van der Waals surface area contributed by atoms with Crippen molar-refractivity contribution in [3.63, 3.8) is 0 Å². The number of anilines is 5. The van der Waals surface area contributed by atoms with Crippen molar-refractivity contribution in [3.05, 3.63) is 322 Å². The molecule has 86 heavy (non-hydrogen) atoms. The fourth-order valence-electron chi connectivity index (χ4n) is 13.5. The molecule has 0 N–H and O–H groups in total. The van der Waals surface area contributed by atoms with Gasteiger partial charge in [-0.2, -0.15) is 15.8 Å². The third-order valence-electron chi connectivity index (χ3n) is 17.3. The van der Waals surface area contributed by atoms with Crippen LogP contribution in [0.3, 0.4) is 0 Å². The third kappa shape index (κ3) is 8.02. The number of nitrogens with zero attached hydrogens (tertiary/aromatic N) is 8. The third-order valence-corrected chi connectivity index (χ3v) is 17.3. The van der Waals surface area contributed by atoms with Crippen molar-refractivity contribution in [1.29, 1.82) is 15.8 Å². The van der Waals surface area contributed by atoms with E-state index in [0.717, 1.165) is 134 Å². The van der Waals surface area contributed by atoms with Crippen LogP contribution in [-0.2, 0) is 6.42 Å². The molecule has 1 unspecified atom stereocenters. The van der Waals surface area contributed by atoms with Crippen molar-refractivity contribution in [2.75, 3.05) is 9.80 Å². The van der Waals surface area contributed by atoms with Crippen LogP contribution in [0.15, 0.2) is 283 Å². The lowest BCUT2D eigenvalue weighted by molar-refractivity contribution is 0.862. The van der Waals surface area contributed by atoms with Gasteiger partial charge >= 0.3 is 0 Å². The number of hydrogen-bond acceptors (Lipinski definition) is 5. The van der Waals surface area contributed by atoms with E-state index in [1.165, 1.54) is 11.0 Å². The molecule has 0 fully saturated rings. The molecule has 4 aliphatic carbocycles. The van der Waals surface area contributed by atoms with Crippen LogP contribution in [0.1, 0.15) is 27.8 Å². The minimum absolute atomic E-state index is 0.0605. The van der Waals surface area contributed by atoms with Gasteiger partial charge in [-0.15, -0.1) is 0 Å². The standard InChI is InChI=1S/C78H46N8/c1-82-60-38-55-9-7-11-57-41-68(43-59(39-60)78(55)57)84(66-33-35-76-72(45-66)70-13-3-5-15-74(70)86(76)64-26-18-50(47-80)19-27-64)62-30-22-53(23-31-62)52-20-28-61(29-21-52)83(67-40-56-10-6-8-54-36-51(48-81)37-58(42-67)77(54)56)65-32-34-75-71(44-65)69-12-2-4-14-73(69)85(75)63-24-16-49(46-79)17-25-63/h2-7,9-45,78H,8H2. The zero-order valence-corrected chi connectivity index (χ0v) is 46.2. The van der Waals surface area contributed by atoms with Gasteiger partial charge in [-0.05, 0) is 214 Å². The maximum Gasteiger partial charge on any atom is 0.187 e. The first kappa shape index (κ1) is 49.6. The Hall–Kier alpha value is -12.2. The second-order valence-electron chi connectivity index (χ2n) is 22.2. The minimum atomic E-state index is 0.0605. The van der Waals surface area contributed by atoms with Crippen molar-refractivity contribution in [3.8, 4) is 40.7 Å². The maximum absolute atomic E-state index is 10.2. The Morgan fingerprint density at radius 3 is 1.60 bits per heavy atom. The molecule has 0 spiro atoms. The van der Waals surface area contributed by atoms with Gasteiger partial charge in [0.2, 0.25) is 0 Å². The van der Waals surface area contributed by atoms with Crippen LogP contribution in [0.2, 0.25) is 0 Å². The number of fused-ring (bicyclic) bond motifs is 6. The van der Waals surface area contributed by atoms with Gasteiger partial charge in [0.1, 0.15) is 0 Å². The molecular weight excluding hydrogens is 1050 g/mol. The van der Waals surface area contributed by atoms with Crippen LogP contribution < -0.4 is 9.80 Å². The molecule has 2 aromatic heterocycles. The van der Waals surface area contributed by atoms with Crippen molar-refractivity contribution >= 4 is 88.9 Å². The number of aromatic nitrogens is 2. The van der Waals surface area contributed by atoms with Gasteiger partial charge in [0.25, 0.3) is 0 Å². The van der Waals surface area contributed by atoms with Crippen LogP contribution in [0, 0.1) is 46.5 Å². The summed E-state index contributed by atoms with van der Waals surface area (Å²) in [6.45, 7) is 8.00. The molecule has 0 amide bonds. The highest BCUT2D eigenvalue weighted by molar-refractivity contribution is 6.12.